The highest BCUT2D eigenvalue weighted by atomic mass is 35.5. The second-order valence-electron chi connectivity index (χ2n) is 4.22. The zero-order chi connectivity index (χ0) is 13.9. The molecule has 0 atom stereocenters. The minimum absolute atomic E-state index is 0.149. The van der Waals surface area contributed by atoms with Crippen LogP contribution in [-0.4, -0.2) is 32.4 Å². The van der Waals surface area contributed by atoms with E-state index in [2.05, 4.69) is 11.8 Å². The van der Waals surface area contributed by atoms with Crippen molar-refractivity contribution in [2.45, 2.75) is 12.8 Å². The second-order valence-corrected chi connectivity index (χ2v) is 6.64. The fourth-order valence-electron chi connectivity index (χ4n) is 1.98. The van der Waals surface area contributed by atoms with E-state index in [1.807, 2.05) is 0 Å². The van der Waals surface area contributed by atoms with Gasteiger partial charge in [0.1, 0.15) is 6.61 Å². The quantitative estimate of drug-likeness (QED) is 0.802. The molecular formula is C13H14ClNO3S. The number of sulfonamides is 1. The molecule has 1 heterocycles. The molecule has 0 amide bonds. The van der Waals surface area contributed by atoms with Crippen LogP contribution in [0.15, 0.2) is 18.2 Å². The molecule has 1 aliphatic rings. The molecule has 0 radical (unpaired) electrons. The van der Waals surface area contributed by atoms with Crippen molar-refractivity contribution in [2.24, 2.45) is 0 Å². The smallest absolute Gasteiger partial charge is 0.235 e. The third-order valence-electron chi connectivity index (χ3n) is 2.88. The van der Waals surface area contributed by atoms with E-state index in [0.29, 0.717) is 29.2 Å². The summed E-state index contributed by atoms with van der Waals surface area (Å²) in [5.74, 6) is 5.43. The minimum atomic E-state index is -3.29. The summed E-state index contributed by atoms with van der Waals surface area (Å²) in [7, 11) is -3.29. The van der Waals surface area contributed by atoms with Gasteiger partial charge in [-0.15, -0.1) is 0 Å². The Morgan fingerprint density at radius 3 is 2.84 bits per heavy atom. The first-order valence-corrected chi connectivity index (χ1v) is 7.93. The van der Waals surface area contributed by atoms with Crippen LogP contribution in [0.25, 0.3) is 0 Å². The van der Waals surface area contributed by atoms with Crippen LogP contribution in [0.1, 0.15) is 18.4 Å². The van der Waals surface area contributed by atoms with E-state index in [4.69, 9.17) is 16.7 Å². The molecule has 1 N–H and O–H groups in total. The molecule has 2 rings (SSSR count). The normalized spacial score (nSPS) is 17.7. The molecule has 19 heavy (non-hydrogen) atoms. The molecule has 0 unspecified atom stereocenters. The van der Waals surface area contributed by atoms with Gasteiger partial charge in [0.2, 0.25) is 10.0 Å². The largest absolute Gasteiger partial charge is 0.384 e. The molecule has 6 heteroatoms. The summed E-state index contributed by atoms with van der Waals surface area (Å²) in [4.78, 5) is 0. The van der Waals surface area contributed by atoms with Gasteiger partial charge in [0.25, 0.3) is 0 Å². The highest BCUT2D eigenvalue weighted by Gasteiger charge is 2.27. The summed E-state index contributed by atoms with van der Waals surface area (Å²) in [6.07, 6.45) is 1.50. The lowest BCUT2D eigenvalue weighted by Gasteiger charge is -2.29. The van der Waals surface area contributed by atoms with Crippen LogP contribution in [0.5, 0.6) is 0 Å². The standard InChI is InChI=1S/C13H14ClNO3S/c14-12-6-5-11(4-3-8-16)10-13(12)15-7-1-2-9-19(15,17)18/h5-6,10,16H,1-2,7-9H2. The average molecular weight is 300 g/mol. The topological polar surface area (TPSA) is 57.6 Å². The Balaban J connectivity index is 2.43. The highest BCUT2D eigenvalue weighted by Crippen LogP contribution is 2.31. The summed E-state index contributed by atoms with van der Waals surface area (Å²) in [6.45, 7) is 0.207. The van der Waals surface area contributed by atoms with Crippen LogP contribution in [0, 0.1) is 11.8 Å². The van der Waals surface area contributed by atoms with Gasteiger partial charge in [-0.2, -0.15) is 0 Å². The Morgan fingerprint density at radius 1 is 1.37 bits per heavy atom. The first-order chi connectivity index (χ1) is 9.04. The van der Waals surface area contributed by atoms with E-state index < -0.39 is 10.0 Å². The molecule has 0 aromatic heterocycles. The van der Waals surface area contributed by atoms with Crippen molar-refractivity contribution < 1.29 is 13.5 Å². The van der Waals surface area contributed by atoms with Crippen LogP contribution in [-0.2, 0) is 10.0 Å². The lowest BCUT2D eigenvalue weighted by molar-refractivity contribution is 0.350. The second kappa shape index (κ2) is 5.83. The molecule has 4 nitrogen and oxygen atoms in total. The van der Waals surface area contributed by atoms with Gasteiger partial charge in [-0.3, -0.25) is 4.31 Å². The first-order valence-electron chi connectivity index (χ1n) is 5.94. The van der Waals surface area contributed by atoms with E-state index in [9.17, 15) is 8.42 Å². The summed E-state index contributed by atoms with van der Waals surface area (Å²) in [5, 5.41) is 9.07. The maximum Gasteiger partial charge on any atom is 0.235 e. The van der Waals surface area contributed by atoms with E-state index in [0.717, 1.165) is 6.42 Å². The monoisotopic (exact) mass is 299 g/mol. The lowest BCUT2D eigenvalue weighted by atomic mass is 10.2. The van der Waals surface area contributed by atoms with Crippen LogP contribution >= 0.6 is 11.6 Å². The SMILES string of the molecule is O=S1(=O)CCCCN1c1cc(C#CCO)ccc1Cl. The summed E-state index contributed by atoms with van der Waals surface area (Å²) in [5.41, 5.74) is 1.10. The fraction of sp³-hybridized carbons (Fsp3) is 0.385. The number of nitrogens with zero attached hydrogens (tertiary/aromatic N) is 1. The van der Waals surface area contributed by atoms with E-state index >= 15 is 0 Å². The third kappa shape index (κ3) is 3.21. The average Bonchev–Trinajstić information content (AvgIpc) is 2.38. The lowest BCUT2D eigenvalue weighted by Crippen LogP contribution is -2.38. The van der Waals surface area contributed by atoms with Crippen LogP contribution in [0.2, 0.25) is 5.02 Å². The Morgan fingerprint density at radius 2 is 2.16 bits per heavy atom. The van der Waals surface area contributed by atoms with Gasteiger partial charge >= 0.3 is 0 Å². The van der Waals surface area contributed by atoms with Crippen molar-refractivity contribution in [3.05, 3.63) is 28.8 Å². The first kappa shape index (κ1) is 14.2. The van der Waals surface area contributed by atoms with Gasteiger partial charge in [0.15, 0.2) is 0 Å². The van der Waals surface area contributed by atoms with Crippen LogP contribution in [0.4, 0.5) is 5.69 Å². The van der Waals surface area contributed by atoms with Crippen molar-refractivity contribution in [1.29, 1.82) is 0 Å². The number of rotatable bonds is 1. The maximum atomic E-state index is 12.1. The Labute approximate surface area is 118 Å². The van der Waals surface area contributed by atoms with Gasteiger partial charge in [-0.25, -0.2) is 8.42 Å². The number of anilines is 1. The zero-order valence-electron chi connectivity index (χ0n) is 10.3. The number of hydrogen-bond donors (Lipinski definition) is 1. The van der Waals surface area contributed by atoms with Crippen molar-refractivity contribution >= 4 is 27.3 Å². The van der Waals surface area contributed by atoms with E-state index in [-0.39, 0.29) is 12.4 Å². The molecule has 0 spiro atoms. The Kier molecular flexibility index (Phi) is 4.35. The Bertz CT molecular complexity index is 631. The molecule has 0 bridgehead atoms. The fourth-order valence-corrected chi connectivity index (χ4v) is 3.90. The van der Waals surface area contributed by atoms with Gasteiger partial charge in [0, 0.05) is 12.1 Å². The number of halogens is 1. The molecule has 1 fully saturated rings. The summed E-state index contributed by atoms with van der Waals surface area (Å²) < 4.78 is 25.5. The maximum absolute atomic E-state index is 12.1. The summed E-state index contributed by atoms with van der Waals surface area (Å²) >= 11 is 6.09. The number of benzene rings is 1. The van der Waals surface area contributed by atoms with Gasteiger partial charge < -0.3 is 5.11 Å². The van der Waals surface area contributed by atoms with E-state index in [1.165, 1.54) is 4.31 Å². The van der Waals surface area contributed by atoms with Gasteiger partial charge in [-0.1, -0.05) is 23.4 Å². The predicted molar refractivity (Wildman–Crippen MR) is 75.8 cm³/mol. The Hall–Kier alpha value is -1.22. The predicted octanol–water partition coefficient (Wildman–Crippen LogP) is 1.61. The van der Waals surface area contributed by atoms with Gasteiger partial charge in [-0.05, 0) is 31.0 Å². The molecule has 102 valence electrons. The zero-order valence-corrected chi connectivity index (χ0v) is 11.8. The third-order valence-corrected chi connectivity index (χ3v) is 5.05. The number of hydrogen-bond acceptors (Lipinski definition) is 3. The molecule has 0 saturated carbocycles. The van der Waals surface area contributed by atoms with Gasteiger partial charge in [0.05, 0.1) is 16.5 Å². The number of aliphatic hydroxyl groups is 1. The molecule has 1 aliphatic heterocycles. The summed E-state index contributed by atoms with van der Waals surface area (Å²) in [6, 6.07) is 4.97. The molecule has 1 saturated heterocycles. The van der Waals surface area contributed by atoms with Crippen LogP contribution in [0.3, 0.4) is 0 Å². The minimum Gasteiger partial charge on any atom is -0.384 e. The molecule has 1 aromatic rings. The number of aliphatic hydroxyl groups excluding tert-OH is 1. The van der Waals surface area contributed by atoms with Crippen molar-refractivity contribution in [1.82, 2.24) is 0 Å². The highest BCUT2D eigenvalue weighted by molar-refractivity contribution is 7.92. The van der Waals surface area contributed by atoms with Crippen LogP contribution < -0.4 is 4.31 Å². The molecule has 0 aliphatic carbocycles. The molecule has 1 aromatic carbocycles. The van der Waals surface area contributed by atoms with Crippen molar-refractivity contribution in [3.63, 3.8) is 0 Å². The van der Waals surface area contributed by atoms with E-state index in [1.54, 1.807) is 18.2 Å². The van der Waals surface area contributed by atoms with Crippen molar-refractivity contribution in [2.75, 3.05) is 23.2 Å². The molecular weight excluding hydrogens is 286 g/mol. The van der Waals surface area contributed by atoms with Crippen molar-refractivity contribution in [3.8, 4) is 11.8 Å².